The van der Waals surface area contributed by atoms with E-state index in [-0.39, 0.29) is 23.4 Å². The summed E-state index contributed by atoms with van der Waals surface area (Å²) < 4.78 is 15.6. The van der Waals surface area contributed by atoms with Crippen LogP contribution in [0.2, 0.25) is 0 Å². The summed E-state index contributed by atoms with van der Waals surface area (Å²) in [6.07, 6.45) is 0. The third-order valence-corrected chi connectivity index (χ3v) is 2.50. The Bertz CT molecular complexity index is 656. The Hall–Kier alpha value is -2.30. The van der Waals surface area contributed by atoms with Gasteiger partial charge in [0.2, 0.25) is 5.76 Å². The van der Waals surface area contributed by atoms with Gasteiger partial charge in [0.1, 0.15) is 0 Å². The Morgan fingerprint density at radius 3 is 2.74 bits per heavy atom. The Balaban J connectivity index is 2.62. The lowest BCUT2D eigenvalue weighted by Crippen LogP contribution is -2.10. The van der Waals surface area contributed by atoms with Gasteiger partial charge in [0.15, 0.2) is 16.8 Å². The molecule has 0 saturated carbocycles. The van der Waals surface area contributed by atoms with E-state index in [1.165, 1.54) is 0 Å². The summed E-state index contributed by atoms with van der Waals surface area (Å²) in [6.45, 7) is 4.16. The normalized spacial score (nSPS) is 10.4. The molecule has 1 heterocycles. The van der Waals surface area contributed by atoms with Crippen molar-refractivity contribution in [3.05, 3.63) is 40.2 Å². The number of benzene rings is 1. The molecule has 0 aliphatic rings. The fraction of sp³-hybridized carbons (Fsp3) is 0.286. The summed E-state index contributed by atoms with van der Waals surface area (Å²) in [5.41, 5.74) is -0.0363. The van der Waals surface area contributed by atoms with Crippen molar-refractivity contribution < 1.29 is 18.7 Å². The molecule has 100 valence electrons. The number of esters is 1. The van der Waals surface area contributed by atoms with E-state index in [2.05, 4.69) is 0 Å². The minimum absolute atomic E-state index is 0.119. The van der Waals surface area contributed by atoms with Crippen molar-refractivity contribution in [3.8, 4) is 5.75 Å². The first-order valence-electron chi connectivity index (χ1n) is 6.04. The topological polar surface area (TPSA) is 65.7 Å². The van der Waals surface area contributed by atoms with Gasteiger partial charge in [-0.1, -0.05) is 6.07 Å². The van der Waals surface area contributed by atoms with Crippen LogP contribution in [0.25, 0.3) is 11.0 Å². The van der Waals surface area contributed by atoms with Crippen LogP contribution in [-0.2, 0) is 4.74 Å². The minimum atomic E-state index is -0.659. The van der Waals surface area contributed by atoms with E-state index in [0.29, 0.717) is 17.7 Å². The van der Waals surface area contributed by atoms with Crippen LogP contribution in [0.4, 0.5) is 0 Å². The van der Waals surface area contributed by atoms with Crippen LogP contribution in [0.5, 0.6) is 5.75 Å². The number of carbonyl (C=O) groups excluding carboxylic acids is 1. The first-order valence-corrected chi connectivity index (χ1v) is 6.04. The van der Waals surface area contributed by atoms with Crippen LogP contribution in [-0.4, -0.2) is 19.2 Å². The molecule has 0 bridgehead atoms. The average Bonchev–Trinajstić information content (AvgIpc) is 2.40. The molecule has 0 amide bonds. The van der Waals surface area contributed by atoms with Crippen molar-refractivity contribution in [1.29, 1.82) is 0 Å². The van der Waals surface area contributed by atoms with Crippen LogP contribution >= 0.6 is 0 Å². The van der Waals surface area contributed by atoms with Crippen LogP contribution in [0.3, 0.4) is 0 Å². The van der Waals surface area contributed by atoms with E-state index >= 15 is 0 Å². The maximum Gasteiger partial charge on any atom is 0.374 e. The van der Waals surface area contributed by atoms with Crippen LogP contribution in [0.1, 0.15) is 24.4 Å². The highest BCUT2D eigenvalue weighted by Crippen LogP contribution is 2.24. The lowest BCUT2D eigenvalue weighted by Gasteiger charge is -2.07. The second-order valence-corrected chi connectivity index (χ2v) is 3.76. The molecule has 0 fully saturated rings. The molecule has 0 atom stereocenters. The van der Waals surface area contributed by atoms with Gasteiger partial charge in [0.25, 0.3) is 0 Å². The van der Waals surface area contributed by atoms with Gasteiger partial charge in [-0.25, -0.2) is 4.79 Å². The summed E-state index contributed by atoms with van der Waals surface area (Å²) in [4.78, 5) is 23.6. The van der Waals surface area contributed by atoms with Crippen molar-refractivity contribution in [2.45, 2.75) is 13.8 Å². The molecule has 0 unspecified atom stereocenters. The van der Waals surface area contributed by atoms with E-state index in [1.54, 1.807) is 25.1 Å². The molecule has 0 N–H and O–H groups in total. The van der Waals surface area contributed by atoms with E-state index in [9.17, 15) is 9.59 Å². The van der Waals surface area contributed by atoms with Crippen molar-refractivity contribution in [1.82, 2.24) is 0 Å². The van der Waals surface area contributed by atoms with Crippen molar-refractivity contribution in [2.75, 3.05) is 13.2 Å². The third-order valence-electron chi connectivity index (χ3n) is 2.50. The molecule has 2 rings (SSSR count). The number of hydrogen-bond acceptors (Lipinski definition) is 5. The van der Waals surface area contributed by atoms with Gasteiger partial charge in [0.05, 0.1) is 18.6 Å². The third kappa shape index (κ3) is 2.59. The molecule has 5 heteroatoms. The predicted octanol–water partition coefficient (Wildman–Crippen LogP) is 2.37. The molecule has 19 heavy (non-hydrogen) atoms. The van der Waals surface area contributed by atoms with Gasteiger partial charge in [0, 0.05) is 6.07 Å². The maximum atomic E-state index is 11.9. The molecule has 1 aromatic carbocycles. The molecule has 0 spiro atoms. The highest BCUT2D eigenvalue weighted by molar-refractivity contribution is 5.90. The van der Waals surface area contributed by atoms with Gasteiger partial charge in [-0.15, -0.1) is 0 Å². The van der Waals surface area contributed by atoms with Gasteiger partial charge in [-0.2, -0.15) is 0 Å². The molecular formula is C14H14O5. The molecule has 5 nitrogen and oxygen atoms in total. The Morgan fingerprint density at radius 1 is 1.26 bits per heavy atom. The molecule has 2 aromatic rings. The lowest BCUT2D eigenvalue weighted by molar-refractivity contribution is 0.0490. The van der Waals surface area contributed by atoms with Gasteiger partial charge in [-0.3, -0.25) is 4.79 Å². The zero-order valence-electron chi connectivity index (χ0n) is 10.8. The number of fused-ring (bicyclic) bond motifs is 1. The minimum Gasteiger partial charge on any atom is -0.490 e. The first-order chi connectivity index (χ1) is 9.17. The summed E-state index contributed by atoms with van der Waals surface area (Å²) in [5.74, 6) is -0.345. The Labute approximate surface area is 109 Å². The number of para-hydroxylation sites is 1. The molecule has 0 aliphatic carbocycles. The SMILES string of the molecule is CCOC(=O)c1cc(=O)c2cccc(OCC)c2o1. The zero-order valence-corrected chi connectivity index (χ0v) is 10.8. The Morgan fingerprint density at radius 2 is 2.05 bits per heavy atom. The predicted molar refractivity (Wildman–Crippen MR) is 69.6 cm³/mol. The highest BCUT2D eigenvalue weighted by Gasteiger charge is 2.15. The molecular weight excluding hydrogens is 248 g/mol. The lowest BCUT2D eigenvalue weighted by atomic mass is 10.2. The summed E-state index contributed by atoms with van der Waals surface area (Å²) in [6, 6.07) is 6.15. The van der Waals surface area contributed by atoms with Crippen LogP contribution in [0.15, 0.2) is 33.5 Å². The fourth-order valence-electron chi connectivity index (χ4n) is 1.72. The highest BCUT2D eigenvalue weighted by atomic mass is 16.5. The summed E-state index contributed by atoms with van der Waals surface area (Å²) in [5, 5.41) is 0.374. The fourth-order valence-corrected chi connectivity index (χ4v) is 1.72. The number of ether oxygens (including phenoxy) is 2. The summed E-state index contributed by atoms with van der Waals surface area (Å²) >= 11 is 0. The Kier molecular flexibility index (Phi) is 3.85. The molecule has 0 aliphatic heterocycles. The van der Waals surface area contributed by atoms with E-state index in [4.69, 9.17) is 13.9 Å². The van der Waals surface area contributed by atoms with Crippen molar-refractivity contribution in [3.63, 3.8) is 0 Å². The van der Waals surface area contributed by atoms with Gasteiger partial charge < -0.3 is 13.9 Å². The molecule has 1 aromatic heterocycles. The van der Waals surface area contributed by atoms with Crippen molar-refractivity contribution >= 4 is 16.9 Å². The number of carbonyl (C=O) groups is 1. The average molecular weight is 262 g/mol. The number of rotatable bonds is 4. The van der Waals surface area contributed by atoms with Gasteiger partial charge >= 0.3 is 5.97 Å². The van der Waals surface area contributed by atoms with E-state index in [0.717, 1.165) is 6.07 Å². The second-order valence-electron chi connectivity index (χ2n) is 3.76. The van der Waals surface area contributed by atoms with Crippen LogP contribution < -0.4 is 10.2 Å². The first kappa shape index (κ1) is 13.1. The standard InChI is InChI=1S/C14H14O5/c1-3-17-11-7-5-6-9-10(15)8-12(19-13(9)11)14(16)18-4-2/h5-8H,3-4H2,1-2H3. The van der Waals surface area contributed by atoms with Gasteiger partial charge in [-0.05, 0) is 26.0 Å². The maximum absolute atomic E-state index is 11.9. The van der Waals surface area contributed by atoms with Crippen molar-refractivity contribution in [2.24, 2.45) is 0 Å². The largest absolute Gasteiger partial charge is 0.490 e. The molecule has 0 radical (unpaired) electrons. The monoisotopic (exact) mass is 262 g/mol. The summed E-state index contributed by atoms with van der Waals surface area (Å²) in [7, 11) is 0. The van der Waals surface area contributed by atoms with E-state index < -0.39 is 5.97 Å². The molecule has 0 saturated heterocycles. The van der Waals surface area contributed by atoms with Crippen LogP contribution in [0, 0.1) is 0 Å². The zero-order chi connectivity index (χ0) is 13.8. The smallest absolute Gasteiger partial charge is 0.374 e. The second kappa shape index (κ2) is 5.56. The quantitative estimate of drug-likeness (QED) is 0.791. The van der Waals surface area contributed by atoms with E-state index in [1.807, 2.05) is 6.92 Å². The number of hydrogen-bond donors (Lipinski definition) is 0.